The molecule has 0 saturated carbocycles. The first kappa shape index (κ1) is 13.7. The average molecular weight is 240 g/mol. The lowest BCUT2D eigenvalue weighted by molar-refractivity contribution is 0.0581. The van der Waals surface area contributed by atoms with E-state index in [1.807, 2.05) is 13.8 Å². The number of hydrogen-bond donors (Lipinski definition) is 1. The first-order valence-electron chi connectivity index (χ1n) is 5.99. The number of amides is 1. The number of rotatable bonds is 6. The molecule has 0 saturated heterocycles. The summed E-state index contributed by atoms with van der Waals surface area (Å²) in [6.07, 6.45) is 1.71. The molecule has 96 valence electrons. The number of carbonyl (C=O) groups is 1. The van der Waals surface area contributed by atoms with E-state index in [2.05, 4.69) is 5.16 Å². The second kappa shape index (κ2) is 6.39. The van der Waals surface area contributed by atoms with Crippen LogP contribution in [0, 0.1) is 6.92 Å². The van der Waals surface area contributed by atoms with Crippen LogP contribution in [0.3, 0.4) is 0 Å². The van der Waals surface area contributed by atoms with Gasteiger partial charge in [0.05, 0.1) is 12.3 Å². The van der Waals surface area contributed by atoms with Crippen LogP contribution in [-0.4, -0.2) is 40.3 Å². The van der Waals surface area contributed by atoms with Crippen LogP contribution in [0.1, 0.15) is 42.9 Å². The molecular formula is C12H20N2O3. The van der Waals surface area contributed by atoms with Crippen LogP contribution in [0.25, 0.3) is 0 Å². The molecule has 0 aliphatic rings. The Morgan fingerprint density at radius 1 is 1.53 bits per heavy atom. The second-order valence-electron chi connectivity index (χ2n) is 4.03. The Hall–Kier alpha value is -1.36. The predicted octanol–water partition coefficient (Wildman–Crippen LogP) is 1.61. The van der Waals surface area contributed by atoms with E-state index < -0.39 is 0 Å². The van der Waals surface area contributed by atoms with Crippen molar-refractivity contribution in [1.82, 2.24) is 10.1 Å². The Kier molecular flexibility index (Phi) is 5.15. The summed E-state index contributed by atoms with van der Waals surface area (Å²) >= 11 is 0. The number of aromatic nitrogens is 1. The zero-order valence-corrected chi connectivity index (χ0v) is 10.6. The maximum Gasteiger partial charge on any atom is 0.292 e. The molecule has 1 aromatic heterocycles. The first-order valence-corrected chi connectivity index (χ1v) is 5.99. The maximum atomic E-state index is 12.2. The van der Waals surface area contributed by atoms with Crippen molar-refractivity contribution >= 4 is 5.91 Å². The second-order valence-corrected chi connectivity index (χ2v) is 4.03. The van der Waals surface area contributed by atoms with E-state index >= 15 is 0 Å². The van der Waals surface area contributed by atoms with Crippen molar-refractivity contribution in [2.45, 2.75) is 39.7 Å². The highest BCUT2D eigenvalue weighted by molar-refractivity contribution is 5.91. The Morgan fingerprint density at radius 3 is 2.59 bits per heavy atom. The zero-order valence-electron chi connectivity index (χ0n) is 10.6. The van der Waals surface area contributed by atoms with E-state index in [0.717, 1.165) is 12.8 Å². The molecule has 17 heavy (non-hydrogen) atoms. The highest BCUT2D eigenvalue weighted by Crippen LogP contribution is 2.14. The van der Waals surface area contributed by atoms with E-state index in [4.69, 9.17) is 9.63 Å². The Balaban J connectivity index is 2.86. The van der Waals surface area contributed by atoms with E-state index in [1.165, 1.54) is 0 Å². The molecule has 0 unspecified atom stereocenters. The van der Waals surface area contributed by atoms with Gasteiger partial charge in [0.1, 0.15) is 0 Å². The third-order valence-electron chi connectivity index (χ3n) is 2.82. The standard InChI is InChI=1S/C12H20N2O3/c1-4-10(5-2)14(6-7-15)12(16)11-8-9(3)13-17-11/h8,10,15H,4-7H2,1-3H3. The SMILES string of the molecule is CCC(CC)N(CCO)C(=O)c1cc(C)no1. The molecule has 0 bridgehead atoms. The van der Waals surface area contributed by atoms with Crippen molar-refractivity contribution in [2.24, 2.45) is 0 Å². The maximum absolute atomic E-state index is 12.2. The molecule has 1 rings (SSSR count). The molecule has 0 fully saturated rings. The van der Waals surface area contributed by atoms with Crippen LogP contribution in [0.5, 0.6) is 0 Å². The van der Waals surface area contributed by atoms with Crippen LogP contribution in [0.15, 0.2) is 10.6 Å². The number of hydrogen-bond acceptors (Lipinski definition) is 4. The molecule has 0 radical (unpaired) electrons. The van der Waals surface area contributed by atoms with Crippen LogP contribution < -0.4 is 0 Å². The van der Waals surface area contributed by atoms with Gasteiger partial charge in [-0.3, -0.25) is 4.79 Å². The monoisotopic (exact) mass is 240 g/mol. The van der Waals surface area contributed by atoms with Crippen LogP contribution in [0.4, 0.5) is 0 Å². The molecule has 1 amide bonds. The molecule has 1 N–H and O–H groups in total. The average Bonchev–Trinajstić information content (AvgIpc) is 2.75. The lowest BCUT2D eigenvalue weighted by Crippen LogP contribution is -2.41. The van der Waals surface area contributed by atoms with Gasteiger partial charge in [-0.05, 0) is 19.8 Å². The molecule has 0 aromatic carbocycles. The molecule has 0 atom stereocenters. The lowest BCUT2D eigenvalue weighted by atomic mass is 10.1. The minimum Gasteiger partial charge on any atom is -0.395 e. The smallest absolute Gasteiger partial charge is 0.292 e. The summed E-state index contributed by atoms with van der Waals surface area (Å²) < 4.78 is 4.97. The van der Waals surface area contributed by atoms with Crippen molar-refractivity contribution < 1.29 is 14.4 Å². The first-order chi connectivity index (χ1) is 8.13. The molecule has 5 heteroatoms. The summed E-state index contributed by atoms with van der Waals surface area (Å²) in [5.74, 6) is 0.0381. The molecule has 1 aromatic rings. The van der Waals surface area contributed by atoms with Crippen molar-refractivity contribution in [1.29, 1.82) is 0 Å². The molecule has 5 nitrogen and oxygen atoms in total. The highest BCUT2D eigenvalue weighted by atomic mass is 16.5. The van der Waals surface area contributed by atoms with Gasteiger partial charge >= 0.3 is 0 Å². The van der Waals surface area contributed by atoms with Crippen LogP contribution in [0.2, 0.25) is 0 Å². The zero-order chi connectivity index (χ0) is 12.8. The summed E-state index contributed by atoms with van der Waals surface area (Å²) in [4.78, 5) is 13.8. The van der Waals surface area contributed by atoms with Crippen molar-refractivity contribution in [3.8, 4) is 0 Å². The van der Waals surface area contributed by atoms with Crippen LogP contribution in [-0.2, 0) is 0 Å². The lowest BCUT2D eigenvalue weighted by Gasteiger charge is -2.28. The van der Waals surface area contributed by atoms with E-state index in [9.17, 15) is 4.79 Å². The number of nitrogens with zero attached hydrogens (tertiary/aromatic N) is 2. The number of carbonyl (C=O) groups excluding carboxylic acids is 1. The van der Waals surface area contributed by atoms with Gasteiger partial charge in [0.15, 0.2) is 0 Å². The fraction of sp³-hybridized carbons (Fsp3) is 0.667. The quantitative estimate of drug-likeness (QED) is 0.820. The highest BCUT2D eigenvalue weighted by Gasteiger charge is 2.24. The van der Waals surface area contributed by atoms with Gasteiger partial charge in [-0.15, -0.1) is 0 Å². The summed E-state index contributed by atoms with van der Waals surface area (Å²) in [6.45, 7) is 6.10. The molecule has 0 aliphatic heterocycles. The Labute approximate surface area is 101 Å². The minimum absolute atomic E-state index is 0.0463. The molecule has 0 aliphatic carbocycles. The van der Waals surface area contributed by atoms with Crippen molar-refractivity contribution in [2.75, 3.05) is 13.2 Å². The predicted molar refractivity (Wildman–Crippen MR) is 63.7 cm³/mol. The summed E-state index contributed by atoms with van der Waals surface area (Å²) in [6, 6.07) is 1.75. The topological polar surface area (TPSA) is 66.6 Å². The van der Waals surface area contributed by atoms with Gasteiger partial charge in [0, 0.05) is 18.7 Å². The van der Waals surface area contributed by atoms with E-state index in [1.54, 1.807) is 17.9 Å². The van der Waals surface area contributed by atoms with Gasteiger partial charge in [-0.25, -0.2) is 0 Å². The minimum atomic E-state index is -0.201. The molecular weight excluding hydrogens is 220 g/mol. The number of aliphatic hydroxyl groups excluding tert-OH is 1. The Morgan fingerprint density at radius 2 is 2.18 bits per heavy atom. The fourth-order valence-electron chi connectivity index (χ4n) is 1.89. The van der Waals surface area contributed by atoms with Gasteiger partial charge in [0.2, 0.25) is 5.76 Å². The third kappa shape index (κ3) is 3.30. The van der Waals surface area contributed by atoms with Crippen LogP contribution >= 0.6 is 0 Å². The van der Waals surface area contributed by atoms with Gasteiger partial charge < -0.3 is 14.5 Å². The van der Waals surface area contributed by atoms with E-state index in [-0.39, 0.29) is 24.3 Å². The van der Waals surface area contributed by atoms with Gasteiger partial charge in [-0.2, -0.15) is 0 Å². The van der Waals surface area contributed by atoms with Crippen molar-refractivity contribution in [3.05, 3.63) is 17.5 Å². The third-order valence-corrected chi connectivity index (χ3v) is 2.82. The van der Waals surface area contributed by atoms with Gasteiger partial charge in [0.25, 0.3) is 5.91 Å². The number of aryl methyl sites for hydroxylation is 1. The summed E-state index contributed by atoms with van der Waals surface area (Å²) in [7, 11) is 0. The summed E-state index contributed by atoms with van der Waals surface area (Å²) in [5.41, 5.74) is 0.682. The summed E-state index contributed by atoms with van der Waals surface area (Å²) in [5, 5.41) is 12.7. The van der Waals surface area contributed by atoms with Crippen molar-refractivity contribution in [3.63, 3.8) is 0 Å². The number of aliphatic hydroxyl groups is 1. The van der Waals surface area contributed by atoms with Gasteiger partial charge in [-0.1, -0.05) is 19.0 Å². The molecule has 1 heterocycles. The molecule has 0 spiro atoms. The fourth-order valence-corrected chi connectivity index (χ4v) is 1.89. The normalized spacial score (nSPS) is 10.9. The van der Waals surface area contributed by atoms with E-state index in [0.29, 0.717) is 12.2 Å². The largest absolute Gasteiger partial charge is 0.395 e. The Bertz CT molecular complexity index is 358.